The Labute approximate surface area is 152 Å². The number of aromatic amines is 1. The number of rotatable bonds is 8. The first-order chi connectivity index (χ1) is 11.5. The van der Waals surface area contributed by atoms with E-state index in [-0.39, 0.29) is 4.91 Å². The van der Waals surface area contributed by atoms with Gasteiger partial charge in [0.15, 0.2) is 0 Å². The van der Waals surface area contributed by atoms with Gasteiger partial charge >= 0.3 is 5.97 Å². The fourth-order valence-corrected chi connectivity index (χ4v) is 3.17. The van der Waals surface area contributed by atoms with Crippen LogP contribution in [-0.2, 0) is 11.2 Å². The molecule has 0 aliphatic rings. The predicted octanol–water partition coefficient (Wildman–Crippen LogP) is 4.14. The van der Waals surface area contributed by atoms with E-state index in [1.54, 1.807) is 18.2 Å². The van der Waals surface area contributed by atoms with Crippen LogP contribution >= 0.6 is 27.7 Å². The molecule has 24 heavy (non-hydrogen) atoms. The number of nitrogens with one attached hydrogen (secondary N) is 1. The molecule has 128 valence electrons. The number of aromatic nitrogens is 3. The first-order valence-corrected chi connectivity index (χ1v) is 9.10. The van der Waals surface area contributed by atoms with Crippen molar-refractivity contribution in [3.8, 4) is 5.75 Å². The molecule has 0 radical (unpaired) electrons. The van der Waals surface area contributed by atoms with Gasteiger partial charge in [-0.2, -0.15) is 0 Å². The highest BCUT2D eigenvalue weighted by atomic mass is 79.9. The van der Waals surface area contributed by atoms with Gasteiger partial charge in [-0.15, -0.1) is 5.10 Å². The minimum Gasteiger partial charge on any atom is -0.493 e. The Hall–Kier alpha value is -1.80. The number of thioether (sulfide) groups is 1. The monoisotopic (exact) mass is 411 g/mol. The minimum atomic E-state index is -1.02. The van der Waals surface area contributed by atoms with Gasteiger partial charge in [0.1, 0.15) is 16.5 Å². The van der Waals surface area contributed by atoms with Crippen LogP contribution in [0.5, 0.6) is 5.75 Å². The largest absolute Gasteiger partial charge is 0.493 e. The van der Waals surface area contributed by atoms with Gasteiger partial charge < -0.3 is 9.84 Å². The van der Waals surface area contributed by atoms with Gasteiger partial charge in [-0.3, -0.25) is 5.10 Å². The maximum absolute atomic E-state index is 11.5. The topological polar surface area (TPSA) is 88.1 Å². The fraction of sp³-hybridized carbons (Fsp3) is 0.312. The molecule has 2 rings (SSSR count). The summed E-state index contributed by atoms with van der Waals surface area (Å²) in [6, 6.07) is 5.42. The third kappa shape index (κ3) is 5.10. The van der Waals surface area contributed by atoms with E-state index >= 15 is 0 Å². The summed E-state index contributed by atoms with van der Waals surface area (Å²) in [7, 11) is 0. The Morgan fingerprint density at radius 2 is 2.25 bits per heavy atom. The molecule has 6 nitrogen and oxygen atoms in total. The van der Waals surface area contributed by atoms with E-state index in [1.165, 1.54) is 0 Å². The average Bonchev–Trinajstić information content (AvgIpc) is 2.97. The molecule has 0 aliphatic heterocycles. The standard InChI is InChI=1S/C16H18BrN3O3S/c1-3-5-14-18-16(20-19-14)24-13(15(21)22)9-10-6-7-12(23-4-2)11(17)8-10/h6-9H,3-5H2,1-2H3,(H,21,22)(H,18,19,20)/b13-9-. The molecule has 1 aromatic heterocycles. The van der Waals surface area contributed by atoms with Crippen LogP contribution in [0.4, 0.5) is 0 Å². The number of halogens is 1. The van der Waals surface area contributed by atoms with Gasteiger partial charge in [0.25, 0.3) is 0 Å². The van der Waals surface area contributed by atoms with E-state index in [2.05, 4.69) is 31.1 Å². The van der Waals surface area contributed by atoms with Crippen molar-refractivity contribution < 1.29 is 14.6 Å². The van der Waals surface area contributed by atoms with Gasteiger partial charge in [-0.1, -0.05) is 13.0 Å². The number of aliphatic carboxylic acids is 1. The maximum Gasteiger partial charge on any atom is 0.342 e. The van der Waals surface area contributed by atoms with Crippen LogP contribution in [0.3, 0.4) is 0 Å². The molecule has 0 aliphatic carbocycles. The van der Waals surface area contributed by atoms with Crippen molar-refractivity contribution in [2.45, 2.75) is 31.8 Å². The number of H-pyrrole nitrogens is 1. The summed E-state index contributed by atoms with van der Waals surface area (Å²) in [5, 5.41) is 16.7. The number of carbonyl (C=O) groups is 1. The second kappa shape index (κ2) is 8.89. The SMILES string of the molecule is CCCc1nc(S/C(=C\c2ccc(OCC)c(Br)c2)C(=O)O)n[nH]1. The maximum atomic E-state index is 11.5. The van der Waals surface area contributed by atoms with Crippen molar-refractivity contribution >= 4 is 39.7 Å². The molecule has 0 amide bonds. The molecule has 0 atom stereocenters. The Morgan fingerprint density at radius 3 is 2.88 bits per heavy atom. The number of hydrogen-bond donors (Lipinski definition) is 2. The summed E-state index contributed by atoms with van der Waals surface area (Å²) in [5.41, 5.74) is 0.750. The van der Waals surface area contributed by atoms with Crippen molar-refractivity contribution in [1.29, 1.82) is 0 Å². The number of benzene rings is 1. The molecular weight excluding hydrogens is 394 g/mol. The smallest absolute Gasteiger partial charge is 0.342 e. The summed E-state index contributed by atoms with van der Waals surface area (Å²) < 4.78 is 6.23. The summed E-state index contributed by atoms with van der Waals surface area (Å²) in [6.07, 6.45) is 3.32. The zero-order chi connectivity index (χ0) is 17.5. The van der Waals surface area contributed by atoms with Crippen LogP contribution in [0.2, 0.25) is 0 Å². The Morgan fingerprint density at radius 1 is 1.46 bits per heavy atom. The van der Waals surface area contributed by atoms with Crippen molar-refractivity contribution in [3.05, 3.63) is 39.0 Å². The van der Waals surface area contributed by atoms with E-state index in [0.717, 1.165) is 46.2 Å². The average molecular weight is 412 g/mol. The van der Waals surface area contributed by atoms with E-state index in [1.807, 2.05) is 19.9 Å². The molecule has 0 unspecified atom stereocenters. The van der Waals surface area contributed by atoms with Crippen LogP contribution in [0, 0.1) is 0 Å². The van der Waals surface area contributed by atoms with Crippen molar-refractivity contribution in [2.24, 2.45) is 0 Å². The number of nitrogens with zero attached hydrogens (tertiary/aromatic N) is 2. The lowest BCUT2D eigenvalue weighted by Gasteiger charge is -2.06. The molecule has 8 heteroatoms. The predicted molar refractivity (Wildman–Crippen MR) is 97.2 cm³/mol. The Kier molecular flexibility index (Phi) is 6.86. The molecule has 2 aromatic rings. The lowest BCUT2D eigenvalue weighted by atomic mass is 10.2. The second-order valence-electron chi connectivity index (χ2n) is 4.85. The Bertz CT molecular complexity index is 746. The summed E-state index contributed by atoms with van der Waals surface area (Å²) >= 11 is 4.44. The molecule has 1 aromatic carbocycles. The van der Waals surface area contributed by atoms with Gasteiger partial charge in [0, 0.05) is 6.42 Å². The minimum absolute atomic E-state index is 0.146. The van der Waals surface area contributed by atoms with E-state index in [4.69, 9.17) is 4.74 Å². The molecule has 0 spiro atoms. The zero-order valence-electron chi connectivity index (χ0n) is 13.4. The van der Waals surface area contributed by atoms with Crippen LogP contribution in [0.25, 0.3) is 6.08 Å². The van der Waals surface area contributed by atoms with Crippen LogP contribution in [0.15, 0.2) is 32.7 Å². The van der Waals surface area contributed by atoms with Crippen molar-refractivity contribution in [3.63, 3.8) is 0 Å². The highest BCUT2D eigenvalue weighted by molar-refractivity contribution is 9.10. The molecule has 0 fully saturated rings. The number of carboxylic acids is 1. The van der Waals surface area contributed by atoms with E-state index in [9.17, 15) is 9.90 Å². The Balaban J connectivity index is 2.21. The van der Waals surface area contributed by atoms with Crippen LogP contribution < -0.4 is 4.74 Å². The molecule has 0 saturated carbocycles. The van der Waals surface area contributed by atoms with E-state index in [0.29, 0.717) is 11.8 Å². The van der Waals surface area contributed by atoms with Gasteiger partial charge in [0.05, 0.1) is 11.1 Å². The molecule has 0 bridgehead atoms. The second-order valence-corrected chi connectivity index (χ2v) is 6.72. The third-order valence-electron chi connectivity index (χ3n) is 2.96. The number of carboxylic acid groups (broad SMARTS) is 1. The van der Waals surface area contributed by atoms with Gasteiger partial charge in [-0.25, -0.2) is 9.78 Å². The van der Waals surface area contributed by atoms with Crippen molar-refractivity contribution in [2.75, 3.05) is 6.61 Å². The highest BCUT2D eigenvalue weighted by Crippen LogP contribution is 2.30. The molecule has 2 N–H and O–H groups in total. The lowest BCUT2D eigenvalue weighted by Crippen LogP contribution is -1.97. The number of ether oxygens (including phenoxy) is 1. The fourth-order valence-electron chi connectivity index (χ4n) is 1.94. The summed E-state index contributed by atoms with van der Waals surface area (Å²) in [6.45, 7) is 4.51. The lowest BCUT2D eigenvalue weighted by molar-refractivity contribution is -0.131. The van der Waals surface area contributed by atoms with Crippen LogP contribution in [0.1, 0.15) is 31.7 Å². The van der Waals surface area contributed by atoms with Gasteiger partial charge in [-0.05, 0) is 64.8 Å². The first-order valence-electron chi connectivity index (χ1n) is 7.50. The zero-order valence-corrected chi connectivity index (χ0v) is 15.8. The van der Waals surface area contributed by atoms with E-state index < -0.39 is 5.97 Å². The van der Waals surface area contributed by atoms with Crippen molar-refractivity contribution in [1.82, 2.24) is 15.2 Å². The number of hydrogen-bond acceptors (Lipinski definition) is 5. The first kappa shape index (κ1) is 18.5. The van der Waals surface area contributed by atoms with Crippen LogP contribution in [-0.4, -0.2) is 32.9 Å². The summed E-state index contributed by atoms with van der Waals surface area (Å²) in [5.74, 6) is 0.456. The normalized spacial score (nSPS) is 11.5. The van der Waals surface area contributed by atoms with Gasteiger partial charge in [0.2, 0.25) is 5.16 Å². The highest BCUT2D eigenvalue weighted by Gasteiger charge is 2.14. The quantitative estimate of drug-likeness (QED) is 0.501. The summed E-state index contributed by atoms with van der Waals surface area (Å²) in [4.78, 5) is 15.9. The molecular formula is C16H18BrN3O3S. The number of aryl methyl sites for hydroxylation is 1. The third-order valence-corrected chi connectivity index (χ3v) is 4.46. The molecule has 0 saturated heterocycles. The molecule has 1 heterocycles.